The molecule has 4 aliphatic rings. The van der Waals surface area contributed by atoms with Gasteiger partial charge in [-0.2, -0.15) is 5.10 Å². The number of alkyl halides is 2. The van der Waals surface area contributed by atoms with Crippen molar-refractivity contribution in [1.82, 2.24) is 39.1 Å². The van der Waals surface area contributed by atoms with E-state index in [1.54, 1.807) is 24.0 Å². The molecule has 9 rings (SSSR count). The minimum Gasteiger partial charge on any atom is -0.444 e. The standard InChI is InChI=1S/C45H49F2N9O5/c1-53-38-22-29(9-13-36(38)56(45(53)60)37-14-15-39(57)51-43(37)59)5-4-28-17-20-54(21-18-28)24-30-7-11-33(12-8-30)55-25-34(40(52-55)41(46)47)49-42(58)35-26-61-44(50-35)31-16-19-48-32(23-31)10-6-27-2-3-27/h9,13,16,19,22-23,25-28,30,33,37,41H,2-3,6-8,10-12,14-15,17-18,20-21,24H2,1H3,(H,49,58)(H,51,57,59). The number of carbonyl (C=O) groups is 3. The van der Waals surface area contributed by atoms with E-state index in [0.717, 1.165) is 88.2 Å². The van der Waals surface area contributed by atoms with Crippen LogP contribution in [0, 0.1) is 29.6 Å². The third kappa shape index (κ3) is 8.93. The van der Waals surface area contributed by atoms with E-state index in [-0.39, 0.29) is 53.7 Å². The van der Waals surface area contributed by atoms with Gasteiger partial charge in [-0.25, -0.2) is 18.6 Å². The molecule has 2 N–H and O–H groups in total. The largest absolute Gasteiger partial charge is 0.444 e. The average Bonchev–Trinajstić information content (AvgIpc) is 3.68. The molecule has 1 atom stereocenters. The molecule has 14 nitrogen and oxygen atoms in total. The van der Waals surface area contributed by atoms with E-state index in [4.69, 9.17) is 4.42 Å². The normalized spacial score (nSPS) is 21.4. The van der Waals surface area contributed by atoms with Crippen molar-refractivity contribution in [2.75, 3.05) is 25.0 Å². The first-order chi connectivity index (χ1) is 29.6. The second kappa shape index (κ2) is 17.2. The zero-order valence-corrected chi connectivity index (χ0v) is 34.1. The maximum absolute atomic E-state index is 14.2. The summed E-state index contributed by atoms with van der Waals surface area (Å²) in [6, 6.07) is 8.50. The summed E-state index contributed by atoms with van der Waals surface area (Å²) in [5, 5.41) is 9.20. The molecule has 61 heavy (non-hydrogen) atoms. The number of nitrogens with zero attached hydrogens (tertiary/aromatic N) is 7. The SMILES string of the molecule is Cn1c(=O)n(C2CCC(=O)NC2=O)c2ccc(C#CC3CCN(CC4CCC(n5cc(NC(=O)c6coc(-c7ccnc(CCC8CC8)c7)n6)c(C(F)F)n5)CC4)CC3)cc21. The number of hydrogen-bond acceptors (Lipinski definition) is 9. The Morgan fingerprint density at radius 2 is 1.77 bits per heavy atom. The number of hydrogen-bond donors (Lipinski definition) is 2. The van der Waals surface area contributed by atoms with Crippen molar-refractivity contribution < 1.29 is 27.6 Å². The smallest absolute Gasteiger partial charge is 0.329 e. The highest BCUT2D eigenvalue weighted by atomic mass is 19.3. The van der Waals surface area contributed by atoms with Gasteiger partial charge in [0.1, 0.15) is 12.3 Å². The molecular formula is C45H49F2N9O5. The van der Waals surface area contributed by atoms with Gasteiger partial charge in [-0.15, -0.1) is 0 Å². The molecule has 0 radical (unpaired) electrons. The van der Waals surface area contributed by atoms with Gasteiger partial charge in [0.2, 0.25) is 17.7 Å². The van der Waals surface area contributed by atoms with Crippen LogP contribution in [-0.4, -0.2) is 71.1 Å². The number of imidazole rings is 1. The number of carbonyl (C=O) groups excluding carboxylic acids is 3. The Morgan fingerprint density at radius 3 is 2.52 bits per heavy atom. The number of anilines is 1. The van der Waals surface area contributed by atoms with Crippen LogP contribution in [0.5, 0.6) is 0 Å². The number of rotatable bonds is 11. The van der Waals surface area contributed by atoms with Crippen LogP contribution < -0.4 is 16.3 Å². The van der Waals surface area contributed by atoms with Crippen LogP contribution in [0.3, 0.4) is 0 Å². The van der Waals surface area contributed by atoms with Gasteiger partial charge in [-0.05, 0) is 113 Å². The number of benzene rings is 1. The molecule has 1 unspecified atom stereocenters. The monoisotopic (exact) mass is 833 g/mol. The summed E-state index contributed by atoms with van der Waals surface area (Å²) in [5.41, 5.74) is 2.96. The number of fused-ring (bicyclic) bond motifs is 1. The fourth-order valence-corrected chi connectivity index (χ4v) is 9.13. The lowest BCUT2D eigenvalue weighted by Crippen LogP contribution is -2.44. The lowest BCUT2D eigenvalue weighted by Gasteiger charge is -2.35. The molecule has 5 aromatic rings. The average molecular weight is 834 g/mol. The highest BCUT2D eigenvalue weighted by Crippen LogP contribution is 2.36. The van der Waals surface area contributed by atoms with Gasteiger partial charge in [-0.1, -0.05) is 24.7 Å². The van der Waals surface area contributed by atoms with Crippen LogP contribution in [0.4, 0.5) is 14.5 Å². The highest BCUT2D eigenvalue weighted by Gasteiger charge is 2.32. The fourth-order valence-electron chi connectivity index (χ4n) is 9.13. The van der Waals surface area contributed by atoms with Crippen LogP contribution >= 0.6 is 0 Å². The molecule has 1 aromatic carbocycles. The molecule has 2 saturated heterocycles. The molecule has 4 aromatic heterocycles. The number of aryl methyl sites for hydroxylation is 2. The van der Waals surface area contributed by atoms with Crippen molar-refractivity contribution in [1.29, 1.82) is 0 Å². The maximum atomic E-state index is 14.2. The Bertz CT molecular complexity index is 2580. The first-order valence-electron chi connectivity index (χ1n) is 21.4. The highest BCUT2D eigenvalue weighted by molar-refractivity contribution is 6.03. The van der Waals surface area contributed by atoms with Gasteiger partial charge in [0.15, 0.2) is 11.4 Å². The molecule has 2 aliphatic heterocycles. The molecule has 3 amide bonds. The first-order valence-corrected chi connectivity index (χ1v) is 21.4. The van der Waals surface area contributed by atoms with Crippen LogP contribution in [0.2, 0.25) is 0 Å². The van der Waals surface area contributed by atoms with Crippen LogP contribution in [0.15, 0.2) is 58.2 Å². The number of imide groups is 1. The summed E-state index contributed by atoms with van der Waals surface area (Å²) >= 11 is 0. The molecular weight excluding hydrogens is 785 g/mol. The van der Waals surface area contributed by atoms with Gasteiger partial charge in [-0.3, -0.25) is 38.5 Å². The second-order valence-electron chi connectivity index (χ2n) is 17.1. The number of oxazole rings is 1. The van der Waals surface area contributed by atoms with Crippen molar-refractivity contribution in [2.24, 2.45) is 24.8 Å². The number of nitrogens with one attached hydrogen (secondary N) is 2. The van der Waals surface area contributed by atoms with E-state index < -0.39 is 30.0 Å². The molecule has 6 heterocycles. The minimum absolute atomic E-state index is 0.0108. The lowest BCUT2D eigenvalue weighted by molar-refractivity contribution is -0.135. The van der Waals surface area contributed by atoms with E-state index in [0.29, 0.717) is 22.5 Å². The van der Waals surface area contributed by atoms with Gasteiger partial charge in [0.25, 0.3) is 12.3 Å². The molecule has 4 fully saturated rings. The zero-order valence-electron chi connectivity index (χ0n) is 34.1. The van der Waals surface area contributed by atoms with Gasteiger partial charge in [0, 0.05) is 55.1 Å². The van der Waals surface area contributed by atoms with E-state index in [9.17, 15) is 28.0 Å². The van der Waals surface area contributed by atoms with E-state index in [1.807, 2.05) is 24.3 Å². The number of piperidine rings is 2. The van der Waals surface area contributed by atoms with Crippen molar-refractivity contribution in [2.45, 2.75) is 95.6 Å². The van der Waals surface area contributed by atoms with Crippen molar-refractivity contribution in [3.63, 3.8) is 0 Å². The molecule has 0 bridgehead atoms. The molecule has 16 heteroatoms. The summed E-state index contributed by atoms with van der Waals surface area (Å²) in [5.74, 6) is 7.12. The minimum atomic E-state index is -2.86. The quantitative estimate of drug-likeness (QED) is 0.111. The van der Waals surface area contributed by atoms with Gasteiger partial charge >= 0.3 is 5.69 Å². The Kier molecular flexibility index (Phi) is 11.4. The number of aromatic nitrogens is 6. The summed E-state index contributed by atoms with van der Waals surface area (Å²) in [4.78, 5) is 61.8. The zero-order chi connectivity index (χ0) is 42.2. The third-order valence-corrected chi connectivity index (χ3v) is 12.8. The molecule has 0 spiro atoms. The predicted molar refractivity (Wildman–Crippen MR) is 222 cm³/mol. The second-order valence-corrected chi connectivity index (χ2v) is 17.1. The Morgan fingerprint density at radius 1 is 0.984 bits per heavy atom. The van der Waals surface area contributed by atoms with Crippen LogP contribution in [0.25, 0.3) is 22.5 Å². The first kappa shape index (κ1) is 40.5. The third-order valence-electron chi connectivity index (χ3n) is 12.8. The number of halogens is 2. The summed E-state index contributed by atoms with van der Waals surface area (Å²) in [7, 11) is 1.68. The fraction of sp³-hybridized carbons (Fsp3) is 0.489. The number of amides is 3. The van der Waals surface area contributed by atoms with E-state index in [1.165, 1.54) is 34.4 Å². The van der Waals surface area contributed by atoms with Gasteiger partial charge in [0.05, 0.1) is 22.8 Å². The summed E-state index contributed by atoms with van der Waals surface area (Å²) in [6.45, 7) is 2.86. The predicted octanol–water partition coefficient (Wildman–Crippen LogP) is 6.59. The van der Waals surface area contributed by atoms with Crippen molar-refractivity contribution in [3.05, 3.63) is 82.1 Å². The Hall–Kier alpha value is -5.95. The number of pyridine rings is 1. The van der Waals surface area contributed by atoms with Crippen molar-refractivity contribution >= 4 is 34.4 Å². The summed E-state index contributed by atoms with van der Waals surface area (Å²) < 4.78 is 38.6. The van der Waals surface area contributed by atoms with Gasteiger partial charge < -0.3 is 14.6 Å². The maximum Gasteiger partial charge on any atom is 0.329 e. The molecule has 318 valence electrons. The molecule has 2 aliphatic carbocycles. The van der Waals surface area contributed by atoms with Crippen LogP contribution in [-0.2, 0) is 23.1 Å². The lowest BCUT2D eigenvalue weighted by atomic mass is 9.85. The number of likely N-dealkylation sites (tertiary alicyclic amines) is 1. The summed E-state index contributed by atoms with van der Waals surface area (Å²) in [6.07, 6.45) is 12.0. The van der Waals surface area contributed by atoms with Crippen LogP contribution in [0.1, 0.15) is 117 Å². The Balaban J connectivity index is 0.755. The molecule has 2 saturated carbocycles. The van der Waals surface area contributed by atoms with E-state index in [2.05, 4.69) is 42.4 Å². The Labute approximate surface area is 351 Å². The van der Waals surface area contributed by atoms with E-state index >= 15 is 0 Å². The topological polar surface area (TPSA) is 162 Å². The van der Waals surface area contributed by atoms with Crippen molar-refractivity contribution in [3.8, 4) is 23.3 Å².